The zero-order chi connectivity index (χ0) is 12.1. The highest BCUT2D eigenvalue weighted by Crippen LogP contribution is 2.23. The van der Waals surface area contributed by atoms with Crippen LogP contribution in [0.2, 0.25) is 0 Å². The van der Waals surface area contributed by atoms with Gasteiger partial charge in [0.2, 0.25) is 0 Å². The highest BCUT2D eigenvalue weighted by molar-refractivity contribution is 6.07. The number of nitrogens with zero attached hydrogens (tertiary/aromatic N) is 1. The predicted octanol–water partition coefficient (Wildman–Crippen LogP) is 1.42. The van der Waals surface area contributed by atoms with E-state index < -0.39 is 0 Å². The normalized spacial score (nSPS) is 14.3. The summed E-state index contributed by atoms with van der Waals surface area (Å²) in [6.07, 6.45) is 7.31. The van der Waals surface area contributed by atoms with Crippen LogP contribution >= 0.6 is 0 Å². The van der Waals surface area contributed by atoms with E-state index in [-0.39, 0.29) is 5.78 Å². The van der Waals surface area contributed by atoms with Crippen molar-refractivity contribution < 1.29 is 4.79 Å². The summed E-state index contributed by atoms with van der Waals surface area (Å²) < 4.78 is 0. The molecule has 0 unspecified atom stereocenters. The van der Waals surface area contributed by atoms with Gasteiger partial charge in [0.1, 0.15) is 0 Å². The summed E-state index contributed by atoms with van der Waals surface area (Å²) in [6.45, 7) is 0. The first-order valence-corrected chi connectivity index (χ1v) is 5.88. The number of hydrogen-bond donors (Lipinski definition) is 0. The standard InChI is InChI=1S/C16H9NO/c18-15-7-3-6-14-13(15)9-11-8-10-4-1-2-5-12(10)16(11)17-14/h1-9H. The number of fused-ring (bicyclic) bond motifs is 4. The summed E-state index contributed by atoms with van der Waals surface area (Å²) in [4.78, 5) is 16.4. The molecule has 18 heavy (non-hydrogen) atoms. The van der Waals surface area contributed by atoms with Crippen molar-refractivity contribution >= 4 is 17.9 Å². The van der Waals surface area contributed by atoms with Crippen LogP contribution in [-0.2, 0) is 0 Å². The van der Waals surface area contributed by atoms with E-state index in [1.54, 1.807) is 12.2 Å². The van der Waals surface area contributed by atoms with Crippen molar-refractivity contribution in [1.29, 1.82) is 0 Å². The average molecular weight is 231 g/mol. The smallest absolute Gasteiger partial charge is 0.188 e. The van der Waals surface area contributed by atoms with Crippen molar-refractivity contribution in [2.24, 2.45) is 0 Å². The molecule has 0 amide bonds. The molecular weight excluding hydrogens is 222 g/mol. The van der Waals surface area contributed by atoms with Gasteiger partial charge in [0, 0.05) is 16.3 Å². The van der Waals surface area contributed by atoms with E-state index >= 15 is 0 Å². The second-order valence-electron chi connectivity index (χ2n) is 4.48. The van der Waals surface area contributed by atoms with Gasteiger partial charge < -0.3 is 0 Å². The molecule has 0 spiro atoms. The number of benzene rings is 1. The molecule has 0 fully saturated rings. The Morgan fingerprint density at radius 2 is 1.94 bits per heavy atom. The SMILES string of the molecule is O=C1C=CC=c2nc3c(cc21)=Cc1ccccc1-3. The molecule has 1 aromatic carbocycles. The monoisotopic (exact) mass is 231 g/mol. The molecule has 0 saturated heterocycles. The number of carbonyl (C=O) groups is 1. The van der Waals surface area contributed by atoms with E-state index in [1.165, 1.54) is 5.56 Å². The lowest BCUT2D eigenvalue weighted by Crippen LogP contribution is -2.25. The van der Waals surface area contributed by atoms with Gasteiger partial charge in [-0.25, -0.2) is 4.98 Å². The molecule has 2 nitrogen and oxygen atoms in total. The van der Waals surface area contributed by atoms with E-state index in [0.29, 0.717) is 5.56 Å². The Kier molecular flexibility index (Phi) is 1.73. The maximum atomic E-state index is 11.8. The molecule has 84 valence electrons. The van der Waals surface area contributed by atoms with Gasteiger partial charge in [-0.1, -0.05) is 30.3 Å². The third-order valence-electron chi connectivity index (χ3n) is 3.38. The molecule has 4 rings (SSSR count). The van der Waals surface area contributed by atoms with E-state index in [0.717, 1.165) is 21.8 Å². The number of ketones is 1. The van der Waals surface area contributed by atoms with E-state index in [9.17, 15) is 4.79 Å². The van der Waals surface area contributed by atoms with Crippen molar-refractivity contribution in [3.05, 3.63) is 64.2 Å². The Bertz CT molecular complexity index is 844. The van der Waals surface area contributed by atoms with Crippen molar-refractivity contribution in [1.82, 2.24) is 4.98 Å². The van der Waals surface area contributed by atoms with Gasteiger partial charge in [0.05, 0.1) is 11.0 Å². The molecule has 2 aliphatic rings. The summed E-state index contributed by atoms with van der Waals surface area (Å²) in [5.74, 6) is 0.0344. The molecule has 2 heteroatoms. The lowest BCUT2D eigenvalue weighted by atomic mass is 10.0. The van der Waals surface area contributed by atoms with Crippen LogP contribution in [0.4, 0.5) is 0 Å². The number of aromatic nitrogens is 1. The molecule has 2 aliphatic carbocycles. The van der Waals surface area contributed by atoms with Crippen molar-refractivity contribution in [3.8, 4) is 11.3 Å². The largest absolute Gasteiger partial charge is 0.289 e. The Morgan fingerprint density at radius 1 is 1.06 bits per heavy atom. The fourth-order valence-corrected chi connectivity index (χ4v) is 2.52. The minimum Gasteiger partial charge on any atom is -0.289 e. The summed E-state index contributed by atoms with van der Waals surface area (Å²) in [5, 5.41) is 1.80. The fourth-order valence-electron chi connectivity index (χ4n) is 2.52. The van der Waals surface area contributed by atoms with Gasteiger partial charge in [0.25, 0.3) is 0 Å². The van der Waals surface area contributed by atoms with Crippen molar-refractivity contribution in [2.45, 2.75) is 0 Å². The van der Waals surface area contributed by atoms with Crippen LogP contribution < -0.4 is 10.6 Å². The zero-order valence-electron chi connectivity index (χ0n) is 9.55. The number of pyridine rings is 1. The predicted molar refractivity (Wildman–Crippen MR) is 70.4 cm³/mol. The second kappa shape index (κ2) is 3.26. The average Bonchev–Trinajstić information content (AvgIpc) is 2.75. The molecule has 2 aromatic rings. The van der Waals surface area contributed by atoms with Crippen LogP contribution in [0.3, 0.4) is 0 Å². The van der Waals surface area contributed by atoms with Crippen LogP contribution in [0.5, 0.6) is 0 Å². The van der Waals surface area contributed by atoms with Crippen LogP contribution in [0, 0.1) is 0 Å². The van der Waals surface area contributed by atoms with Crippen LogP contribution in [0.25, 0.3) is 23.4 Å². The molecule has 1 heterocycles. The first-order chi connectivity index (χ1) is 8.83. The van der Waals surface area contributed by atoms with E-state index in [2.05, 4.69) is 23.2 Å². The van der Waals surface area contributed by atoms with Gasteiger partial charge in [-0.05, 0) is 29.9 Å². The van der Waals surface area contributed by atoms with Gasteiger partial charge in [0.15, 0.2) is 5.78 Å². The van der Waals surface area contributed by atoms with Gasteiger partial charge in [-0.15, -0.1) is 0 Å². The summed E-state index contributed by atoms with van der Waals surface area (Å²) in [7, 11) is 0. The van der Waals surface area contributed by atoms with E-state index in [4.69, 9.17) is 0 Å². The Balaban J connectivity index is 2.12. The summed E-state index contributed by atoms with van der Waals surface area (Å²) in [5.41, 5.74) is 3.98. The molecule has 0 bridgehead atoms. The minimum absolute atomic E-state index is 0.0344. The minimum atomic E-state index is 0.0344. The lowest BCUT2D eigenvalue weighted by Gasteiger charge is -2.04. The van der Waals surface area contributed by atoms with Crippen molar-refractivity contribution in [2.75, 3.05) is 0 Å². The molecule has 0 N–H and O–H groups in total. The lowest BCUT2D eigenvalue weighted by molar-refractivity contribution is 0.104. The Morgan fingerprint density at radius 3 is 2.89 bits per heavy atom. The van der Waals surface area contributed by atoms with Crippen molar-refractivity contribution in [3.63, 3.8) is 0 Å². The molecule has 1 aromatic heterocycles. The highest BCUT2D eigenvalue weighted by atomic mass is 16.1. The number of allylic oxidation sites excluding steroid dienone is 2. The third-order valence-corrected chi connectivity index (χ3v) is 3.38. The van der Waals surface area contributed by atoms with Crippen LogP contribution in [0.1, 0.15) is 15.9 Å². The van der Waals surface area contributed by atoms with Gasteiger partial charge in [-0.3, -0.25) is 4.79 Å². The first kappa shape index (κ1) is 9.54. The summed E-state index contributed by atoms with van der Waals surface area (Å²) >= 11 is 0. The summed E-state index contributed by atoms with van der Waals surface area (Å²) in [6, 6.07) is 10.1. The topological polar surface area (TPSA) is 30.0 Å². The Labute approximate surface area is 104 Å². The second-order valence-corrected chi connectivity index (χ2v) is 4.48. The molecule has 0 aliphatic heterocycles. The van der Waals surface area contributed by atoms with Gasteiger partial charge >= 0.3 is 0 Å². The molecule has 0 atom stereocenters. The number of hydrogen-bond acceptors (Lipinski definition) is 2. The fraction of sp³-hybridized carbons (Fsp3) is 0. The number of carbonyl (C=O) groups excluding carboxylic acids is 1. The van der Waals surface area contributed by atoms with Gasteiger partial charge in [-0.2, -0.15) is 0 Å². The molecular formula is C16H9NO. The number of rotatable bonds is 0. The van der Waals surface area contributed by atoms with Crippen LogP contribution in [-0.4, -0.2) is 10.8 Å². The third kappa shape index (κ3) is 1.17. The Hall–Kier alpha value is -2.48. The van der Waals surface area contributed by atoms with E-state index in [1.807, 2.05) is 24.3 Å². The van der Waals surface area contributed by atoms with Crippen LogP contribution in [0.15, 0.2) is 42.5 Å². The maximum Gasteiger partial charge on any atom is 0.188 e. The molecule has 0 saturated carbocycles. The maximum absolute atomic E-state index is 11.8. The molecule has 0 radical (unpaired) electrons. The zero-order valence-corrected chi connectivity index (χ0v) is 9.55. The first-order valence-electron chi connectivity index (χ1n) is 5.88. The highest BCUT2D eigenvalue weighted by Gasteiger charge is 2.16. The quantitative estimate of drug-likeness (QED) is 0.585.